The van der Waals surface area contributed by atoms with Gasteiger partial charge >= 0.3 is 0 Å². The number of thiophene rings is 2. The lowest BCUT2D eigenvalue weighted by Crippen LogP contribution is -2.47. The van der Waals surface area contributed by atoms with Crippen LogP contribution in [-0.4, -0.2) is 58.9 Å². The summed E-state index contributed by atoms with van der Waals surface area (Å²) in [4.78, 5) is 29.1. The van der Waals surface area contributed by atoms with Crippen LogP contribution in [0.25, 0.3) is 10.2 Å². The Kier molecular flexibility index (Phi) is 5.12. The first-order chi connectivity index (χ1) is 13.0. The Bertz CT molecular complexity index is 945. The number of nitrogens with zero attached hydrogens (tertiary/aromatic N) is 4. The Labute approximate surface area is 166 Å². The molecule has 8 heteroatoms. The van der Waals surface area contributed by atoms with Crippen LogP contribution in [0.4, 0.5) is 5.82 Å². The molecule has 4 rings (SSSR count). The van der Waals surface area contributed by atoms with Crippen molar-refractivity contribution in [3.63, 3.8) is 0 Å². The van der Waals surface area contributed by atoms with Crippen molar-refractivity contribution in [2.45, 2.75) is 19.9 Å². The molecule has 0 saturated carbocycles. The van der Waals surface area contributed by atoms with Crippen LogP contribution in [0, 0.1) is 6.92 Å². The lowest BCUT2D eigenvalue weighted by molar-refractivity contribution is 0.0668. The maximum Gasteiger partial charge on any atom is 0.264 e. The van der Waals surface area contributed by atoms with Crippen molar-refractivity contribution >= 4 is 44.6 Å². The van der Waals surface area contributed by atoms with Gasteiger partial charge in [0.05, 0.1) is 16.3 Å². The van der Waals surface area contributed by atoms with Gasteiger partial charge in [0, 0.05) is 31.1 Å². The maximum atomic E-state index is 13.1. The molecule has 0 bridgehead atoms. The third kappa shape index (κ3) is 3.56. The predicted octanol–water partition coefficient (Wildman–Crippen LogP) is 3.62. The smallest absolute Gasteiger partial charge is 0.264 e. The number of likely N-dealkylation sites (N-methyl/N-ethyl adjacent to an activating group) is 1. The van der Waals surface area contributed by atoms with Crippen LogP contribution in [0.5, 0.6) is 0 Å². The second kappa shape index (κ2) is 7.53. The number of nitrogens with one attached hydrogen (secondary N) is 1. The lowest BCUT2D eigenvalue weighted by atomic mass is 10.1. The predicted molar refractivity (Wildman–Crippen MR) is 112 cm³/mol. The summed E-state index contributed by atoms with van der Waals surface area (Å²) >= 11 is 3.19. The van der Waals surface area contributed by atoms with Crippen LogP contribution >= 0.6 is 22.7 Å². The first-order valence-corrected chi connectivity index (χ1v) is 10.8. The zero-order valence-corrected chi connectivity index (χ0v) is 17.4. The molecule has 1 fully saturated rings. The van der Waals surface area contributed by atoms with Crippen LogP contribution in [0.1, 0.15) is 33.1 Å². The molecule has 1 amide bonds. The fraction of sp³-hybridized carbons (Fsp3) is 0.421. The van der Waals surface area contributed by atoms with E-state index in [4.69, 9.17) is 0 Å². The minimum Gasteiger partial charge on any atom is -0.362 e. The van der Waals surface area contributed by atoms with Crippen molar-refractivity contribution in [1.29, 1.82) is 0 Å². The fourth-order valence-electron chi connectivity index (χ4n) is 3.35. The number of hydrogen-bond acceptors (Lipinski definition) is 7. The Hall–Kier alpha value is -2.03. The number of fused-ring (bicyclic) bond motifs is 1. The topological polar surface area (TPSA) is 61.4 Å². The number of carbonyl (C=O) groups excluding carboxylic acids is 1. The van der Waals surface area contributed by atoms with Gasteiger partial charge in [0.2, 0.25) is 0 Å². The van der Waals surface area contributed by atoms with Gasteiger partial charge in [0.15, 0.2) is 0 Å². The van der Waals surface area contributed by atoms with E-state index >= 15 is 0 Å². The molecule has 3 aromatic heterocycles. The molecule has 6 nitrogen and oxygen atoms in total. The number of rotatable bonds is 4. The molecule has 1 saturated heterocycles. The molecule has 0 aliphatic carbocycles. The van der Waals surface area contributed by atoms with Crippen molar-refractivity contribution in [2.24, 2.45) is 0 Å². The molecule has 3 aromatic rings. The Balaban J connectivity index is 1.64. The first-order valence-electron chi connectivity index (χ1n) is 9.06. The zero-order chi connectivity index (χ0) is 19.0. The highest BCUT2D eigenvalue weighted by Crippen LogP contribution is 2.35. The van der Waals surface area contributed by atoms with Crippen molar-refractivity contribution in [3.8, 4) is 0 Å². The number of hydrogen-bond donors (Lipinski definition) is 1. The highest BCUT2D eigenvalue weighted by Gasteiger charge is 2.26. The molecule has 142 valence electrons. The van der Waals surface area contributed by atoms with E-state index in [-0.39, 0.29) is 11.9 Å². The van der Waals surface area contributed by atoms with E-state index in [1.165, 1.54) is 16.2 Å². The van der Waals surface area contributed by atoms with E-state index in [2.05, 4.69) is 51.7 Å². The van der Waals surface area contributed by atoms with Gasteiger partial charge in [0.25, 0.3) is 5.91 Å². The molecule has 4 heterocycles. The van der Waals surface area contributed by atoms with Crippen LogP contribution in [-0.2, 0) is 0 Å². The average molecular weight is 402 g/mol. The summed E-state index contributed by atoms with van der Waals surface area (Å²) in [6.07, 6.45) is 1.58. The molecule has 1 N–H and O–H groups in total. The maximum absolute atomic E-state index is 13.1. The normalized spacial score (nSPS) is 16.6. The largest absolute Gasteiger partial charge is 0.362 e. The molecule has 0 spiro atoms. The average Bonchev–Trinajstić information content (AvgIpc) is 3.31. The van der Waals surface area contributed by atoms with Gasteiger partial charge in [-0.25, -0.2) is 9.97 Å². The van der Waals surface area contributed by atoms with E-state index in [9.17, 15) is 4.79 Å². The summed E-state index contributed by atoms with van der Waals surface area (Å²) in [5, 5.41) is 6.54. The summed E-state index contributed by atoms with van der Waals surface area (Å²) in [5.41, 5.74) is 0.973. The monoisotopic (exact) mass is 401 g/mol. The summed E-state index contributed by atoms with van der Waals surface area (Å²) in [7, 11) is 2.09. The van der Waals surface area contributed by atoms with E-state index in [0.717, 1.165) is 52.7 Å². The lowest BCUT2D eigenvalue weighted by Gasteiger charge is -2.32. The minimum atomic E-state index is 0.112. The standard InChI is InChI=1S/C19H23N5OS2/c1-12-15-17(22-13(2)14-5-4-10-26-14)20-11-21-18(15)27-16(12)19(25)24-8-6-23(3)7-9-24/h4-5,10-11,13H,6-9H2,1-3H3,(H,20,21,22)/t13-/m0/s1. The summed E-state index contributed by atoms with van der Waals surface area (Å²) in [6.45, 7) is 7.51. The number of anilines is 1. The van der Waals surface area contributed by atoms with E-state index in [1.807, 2.05) is 11.8 Å². The van der Waals surface area contributed by atoms with Gasteiger partial charge in [0.1, 0.15) is 17.0 Å². The summed E-state index contributed by atoms with van der Waals surface area (Å²) in [5.74, 6) is 0.910. The first kappa shape index (κ1) is 18.3. The van der Waals surface area contributed by atoms with E-state index in [1.54, 1.807) is 17.7 Å². The molecule has 1 aliphatic rings. The fourth-order valence-corrected chi connectivity index (χ4v) is 5.20. The highest BCUT2D eigenvalue weighted by molar-refractivity contribution is 7.20. The minimum absolute atomic E-state index is 0.112. The number of aromatic nitrogens is 2. The van der Waals surface area contributed by atoms with Crippen molar-refractivity contribution in [2.75, 3.05) is 38.5 Å². The second-order valence-electron chi connectivity index (χ2n) is 6.94. The van der Waals surface area contributed by atoms with E-state index < -0.39 is 0 Å². The van der Waals surface area contributed by atoms with Crippen LogP contribution < -0.4 is 5.32 Å². The van der Waals surface area contributed by atoms with Gasteiger partial charge in [-0.2, -0.15) is 0 Å². The zero-order valence-electron chi connectivity index (χ0n) is 15.7. The van der Waals surface area contributed by atoms with Crippen molar-refractivity contribution < 1.29 is 4.79 Å². The molecule has 0 unspecified atom stereocenters. The quantitative estimate of drug-likeness (QED) is 0.723. The molecule has 1 aliphatic heterocycles. The van der Waals surface area contributed by atoms with Crippen LogP contribution in [0.2, 0.25) is 0 Å². The van der Waals surface area contributed by atoms with Crippen LogP contribution in [0.15, 0.2) is 23.8 Å². The number of amides is 1. The number of aryl methyl sites for hydroxylation is 1. The Morgan fingerprint density at radius 2 is 2.04 bits per heavy atom. The van der Waals surface area contributed by atoms with E-state index in [0.29, 0.717) is 0 Å². The highest BCUT2D eigenvalue weighted by atomic mass is 32.1. The van der Waals surface area contributed by atoms with Crippen molar-refractivity contribution in [1.82, 2.24) is 19.8 Å². The molecule has 0 aromatic carbocycles. The van der Waals surface area contributed by atoms with Gasteiger partial charge in [-0.3, -0.25) is 4.79 Å². The molecule has 0 radical (unpaired) electrons. The van der Waals surface area contributed by atoms with Gasteiger partial charge in [-0.1, -0.05) is 6.07 Å². The Morgan fingerprint density at radius 3 is 2.74 bits per heavy atom. The molecule has 1 atom stereocenters. The molecular formula is C19H23N5OS2. The molecular weight excluding hydrogens is 378 g/mol. The third-order valence-electron chi connectivity index (χ3n) is 5.03. The summed E-state index contributed by atoms with van der Waals surface area (Å²) < 4.78 is 0. The SMILES string of the molecule is Cc1c(C(=O)N2CCN(C)CC2)sc2ncnc(N[C@@H](C)c3cccs3)c12. The van der Waals surface area contributed by atoms with Crippen LogP contribution in [0.3, 0.4) is 0 Å². The third-order valence-corrected chi connectivity index (χ3v) is 7.28. The second-order valence-corrected chi connectivity index (χ2v) is 8.91. The summed E-state index contributed by atoms with van der Waals surface area (Å²) in [6, 6.07) is 4.32. The van der Waals surface area contributed by atoms with Gasteiger partial charge in [-0.05, 0) is 37.9 Å². The number of piperazine rings is 1. The Morgan fingerprint density at radius 1 is 1.26 bits per heavy atom. The molecule has 27 heavy (non-hydrogen) atoms. The van der Waals surface area contributed by atoms with Crippen molar-refractivity contribution in [3.05, 3.63) is 39.2 Å². The van der Waals surface area contributed by atoms with Gasteiger partial charge < -0.3 is 15.1 Å². The van der Waals surface area contributed by atoms with Gasteiger partial charge in [-0.15, -0.1) is 22.7 Å². The number of carbonyl (C=O) groups is 1.